The van der Waals surface area contributed by atoms with Crippen molar-refractivity contribution in [1.82, 2.24) is 0 Å². The highest BCUT2D eigenvalue weighted by molar-refractivity contribution is 9.10. The van der Waals surface area contributed by atoms with Gasteiger partial charge in [0.1, 0.15) is 18.5 Å². The Bertz CT molecular complexity index is 610. The van der Waals surface area contributed by atoms with Gasteiger partial charge in [0.2, 0.25) is 0 Å². The molecule has 1 atom stereocenters. The molecular formula is C15H14BrCl2NO2. The number of ether oxygens (including phenoxy) is 1. The minimum atomic E-state index is -0.657. The Labute approximate surface area is 142 Å². The van der Waals surface area contributed by atoms with Gasteiger partial charge < -0.3 is 15.2 Å². The van der Waals surface area contributed by atoms with Crippen molar-refractivity contribution in [2.24, 2.45) is 0 Å². The van der Waals surface area contributed by atoms with E-state index in [0.717, 1.165) is 10.2 Å². The first-order valence-electron chi connectivity index (χ1n) is 6.30. The van der Waals surface area contributed by atoms with Crippen molar-refractivity contribution in [2.45, 2.75) is 6.10 Å². The Hall–Kier alpha value is -0.940. The third-order valence-corrected chi connectivity index (χ3v) is 3.74. The summed E-state index contributed by atoms with van der Waals surface area (Å²) in [5, 5.41) is 14.1. The fourth-order valence-electron chi connectivity index (χ4n) is 1.67. The van der Waals surface area contributed by atoms with E-state index in [-0.39, 0.29) is 6.61 Å². The fourth-order valence-corrected chi connectivity index (χ4v) is 2.52. The van der Waals surface area contributed by atoms with Crippen molar-refractivity contribution in [3.63, 3.8) is 0 Å². The first kappa shape index (κ1) is 16.4. The molecule has 21 heavy (non-hydrogen) atoms. The van der Waals surface area contributed by atoms with Crippen molar-refractivity contribution in [3.8, 4) is 5.75 Å². The highest BCUT2D eigenvalue weighted by Gasteiger charge is 2.07. The summed E-state index contributed by atoms with van der Waals surface area (Å²) in [7, 11) is 0. The van der Waals surface area contributed by atoms with Gasteiger partial charge in [-0.05, 0) is 36.4 Å². The quantitative estimate of drug-likeness (QED) is 0.756. The van der Waals surface area contributed by atoms with E-state index in [1.165, 1.54) is 0 Å². The van der Waals surface area contributed by atoms with Gasteiger partial charge in [-0.25, -0.2) is 0 Å². The lowest BCUT2D eigenvalue weighted by Gasteiger charge is -2.15. The van der Waals surface area contributed by atoms with Gasteiger partial charge in [0.15, 0.2) is 0 Å². The normalized spacial score (nSPS) is 12.0. The molecule has 0 aliphatic carbocycles. The molecule has 2 rings (SSSR count). The van der Waals surface area contributed by atoms with Gasteiger partial charge in [-0.15, -0.1) is 0 Å². The summed E-state index contributed by atoms with van der Waals surface area (Å²) in [5.41, 5.74) is 0.725. The standard InChI is InChI=1S/C15H14BrCl2NO2/c16-10-2-1-3-13(6-10)21-9-12(20)8-19-15-5-4-11(17)7-14(15)18/h1-7,12,19-20H,8-9H2. The monoisotopic (exact) mass is 389 g/mol. The maximum atomic E-state index is 9.92. The molecule has 2 N–H and O–H groups in total. The smallest absolute Gasteiger partial charge is 0.120 e. The molecule has 0 heterocycles. The molecular weight excluding hydrogens is 377 g/mol. The molecule has 0 saturated heterocycles. The number of aliphatic hydroxyl groups excluding tert-OH is 1. The molecule has 0 amide bonds. The van der Waals surface area contributed by atoms with Crippen LogP contribution in [0.1, 0.15) is 0 Å². The van der Waals surface area contributed by atoms with Crippen LogP contribution in [0.5, 0.6) is 5.75 Å². The molecule has 0 spiro atoms. The lowest BCUT2D eigenvalue weighted by atomic mass is 10.3. The van der Waals surface area contributed by atoms with Crippen LogP contribution in [-0.4, -0.2) is 24.4 Å². The maximum Gasteiger partial charge on any atom is 0.120 e. The molecule has 0 radical (unpaired) electrons. The van der Waals surface area contributed by atoms with Crippen LogP contribution in [0.3, 0.4) is 0 Å². The average Bonchev–Trinajstić information content (AvgIpc) is 2.44. The number of nitrogens with one attached hydrogen (secondary N) is 1. The Morgan fingerprint density at radius 1 is 1.19 bits per heavy atom. The highest BCUT2D eigenvalue weighted by atomic mass is 79.9. The van der Waals surface area contributed by atoms with Crippen LogP contribution in [0.2, 0.25) is 10.0 Å². The molecule has 0 aromatic heterocycles. The first-order valence-corrected chi connectivity index (χ1v) is 7.85. The largest absolute Gasteiger partial charge is 0.491 e. The lowest BCUT2D eigenvalue weighted by molar-refractivity contribution is 0.117. The summed E-state index contributed by atoms with van der Waals surface area (Å²) in [5.74, 6) is 0.702. The predicted octanol–water partition coefficient (Wildman–Crippen LogP) is 4.61. The van der Waals surface area contributed by atoms with Gasteiger partial charge in [0, 0.05) is 16.0 Å². The molecule has 0 bridgehead atoms. The Morgan fingerprint density at radius 3 is 2.71 bits per heavy atom. The van der Waals surface area contributed by atoms with E-state index in [1.807, 2.05) is 24.3 Å². The van der Waals surface area contributed by atoms with E-state index in [4.69, 9.17) is 27.9 Å². The fraction of sp³-hybridized carbons (Fsp3) is 0.200. The number of anilines is 1. The van der Waals surface area contributed by atoms with Crippen molar-refractivity contribution in [2.75, 3.05) is 18.5 Å². The van der Waals surface area contributed by atoms with Gasteiger partial charge in [-0.2, -0.15) is 0 Å². The zero-order chi connectivity index (χ0) is 15.2. The van der Waals surface area contributed by atoms with Gasteiger partial charge in [0.25, 0.3) is 0 Å². The van der Waals surface area contributed by atoms with Crippen molar-refractivity contribution < 1.29 is 9.84 Å². The second-order valence-corrected chi connectivity index (χ2v) is 6.19. The SMILES string of the molecule is OC(CNc1ccc(Cl)cc1Cl)COc1cccc(Br)c1. The highest BCUT2D eigenvalue weighted by Crippen LogP contribution is 2.25. The number of hydrogen-bond acceptors (Lipinski definition) is 3. The average molecular weight is 391 g/mol. The van der Waals surface area contributed by atoms with E-state index < -0.39 is 6.10 Å². The molecule has 112 valence electrons. The Morgan fingerprint density at radius 2 is 2.00 bits per heavy atom. The molecule has 0 fully saturated rings. The molecule has 0 aliphatic heterocycles. The maximum absolute atomic E-state index is 9.92. The summed E-state index contributed by atoms with van der Waals surface area (Å²) >= 11 is 15.2. The summed E-state index contributed by atoms with van der Waals surface area (Å²) in [6.45, 7) is 0.518. The molecule has 0 saturated carbocycles. The van der Waals surface area contributed by atoms with Crippen LogP contribution < -0.4 is 10.1 Å². The zero-order valence-electron chi connectivity index (χ0n) is 11.0. The summed E-state index contributed by atoms with van der Waals surface area (Å²) in [6, 6.07) is 12.6. The van der Waals surface area contributed by atoms with Crippen molar-refractivity contribution in [1.29, 1.82) is 0 Å². The molecule has 6 heteroatoms. The Kier molecular flexibility index (Phi) is 6.18. The number of halogens is 3. The van der Waals surface area contributed by atoms with E-state index in [1.54, 1.807) is 18.2 Å². The van der Waals surface area contributed by atoms with Crippen LogP contribution in [0.15, 0.2) is 46.9 Å². The van der Waals surface area contributed by atoms with Crippen LogP contribution in [-0.2, 0) is 0 Å². The van der Waals surface area contributed by atoms with Gasteiger partial charge in [-0.3, -0.25) is 0 Å². The van der Waals surface area contributed by atoms with E-state index in [0.29, 0.717) is 22.3 Å². The zero-order valence-corrected chi connectivity index (χ0v) is 14.1. The first-order chi connectivity index (χ1) is 10.0. The van der Waals surface area contributed by atoms with Crippen LogP contribution >= 0.6 is 39.1 Å². The van der Waals surface area contributed by atoms with E-state index >= 15 is 0 Å². The molecule has 1 unspecified atom stereocenters. The predicted molar refractivity (Wildman–Crippen MR) is 90.6 cm³/mol. The van der Waals surface area contributed by atoms with E-state index in [9.17, 15) is 5.11 Å². The summed E-state index contributed by atoms with van der Waals surface area (Å²) < 4.78 is 6.44. The second kappa shape index (κ2) is 7.90. The van der Waals surface area contributed by atoms with Crippen molar-refractivity contribution >= 4 is 44.8 Å². The molecule has 3 nitrogen and oxygen atoms in total. The minimum Gasteiger partial charge on any atom is -0.491 e. The topological polar surface area (TPSA) is 41.5 Å². The number of benzene rings is 2. The molecule has 2 aromatic rings. The number of hydrogen-bond donors (Lipinski definition) is 2. The molecule has 0 aliphatic rings. The van der Waals surface area contributed by atoms with E-state index in [2.05, 4.69) is 21.2 Å². The second-order valence-electron chi connectivity index (χ2n) is 4.43. The van der Waals surface area contributed by atoms with Crippen LogP contribution in [0.25, 0.3) is 0 Å². The van der Waals surface area contributed by atoms with Gasteiger partial charge >= 0.3 is 0 Å². The minimum absolute atomic E-state index is 0.189. The lowest BCUT2D eigenvalue weighted by Crippen LogP contribution is -2.26. The Balaban J connectivity index is 1.80. The molecule has 2 aromatic carbocycles. The summed E-state index contributed by atoms with van der Waals surface area (Å²) in [6.07, 6.45) is -0.657. The van der Waals surface area contributed by atoms with Gasteiger partial charge in [-0.1, -0.05) is 45.2 Å². The summed E-state index contributed by atoms with van der Waals surface area (Å²) in [4.78, 5) is 0. The number of aliphatic hydroxyl groups is 1. The third kappa shape index (κ3) is 5.40. The number of rotatable bonds is 6. The van der Waals surface area contributed by atoms with Gasteiger partial charge in [0.05, 0.1) is 10.7 Å². The van der Waals surface area contributed by atoms with Crippen molar-refractivity contribution in [3.05, 3.63) is 57.0 Å². The van der Waals surface area contributed by atoms with Crippen LogP contribution in [0.4, 0.5) is 5.69 Å². The third-order valence-electron chi connectivity index (χ3n) is 2.70. The van der Waals surface area contributed by atoms with Crippen LogP contribution in [0, 0.1) is 0 Å².